The summed E-state index contributed by atoms with van der Waals surface area (Å²) >= 11 is 0. The van der Waals surface area contributed by atoms with Gasteiger partial charge in [-0.3, -0.25) is 4.79 Å². The minimum atomic E-state index is -3.35. The smallest absolute Gasteiger partial charge is 0.303 e. The molecule has 0 radical (unpaired) electrons. The molecule has 0 aromatic carbocycles. The molecule has 2 N–H and O–H groups in total. The standard InChI is InChI=1S/C10H19NO5S/c12-10(13)5-3-6-11-17(14,15)8-9-4-1-2-7-16-9/h9,11H,1-8H2,(H,12,13). The number of ether oxygens (including phenoxy) is 1. The van der Waals surface area contributed by atoms with Crippen molar-refractivity contribution < 1.29 is 23.1 Å². The lowest BCUT2D eigenvalue weighted by Gasteiger charge is -2.22. The normalized spacial score (nSPS) is 21.3. The predicted molar refractivity (Wildman–Crippen MR) is 62.3 cm³/mol. The van der Waals surface area contributed by atoms with Crippen molar-refractivity contribution >= 4 is 16.0 Å². The minimum absolute atomic E-state index is 0.0253. The van der Waals surface area contributed by atoms with Gasteiger partial charge >= 0.3 is 5.97 Å². The first-order chi connectivity index (χ1) is 7.99. The molecule has 0 spiro atoms. The highest BCUT2D eigenvalue weighted by molar-refractivity contribution is 7.89. The number of hydrogen-bond acceptors (Lipinski definition) is 4. The first-order valence-corrected chi connectivity index (χ1v) is 7.45. The lowest BCUT2D eigenvalue weighted by atomic mass is 10.1. The predicted octanol–water partition coefficient (Wildman–Crippen LogP) is 0.340. The molecular formula is C10H19NO5S. The average Bonchev–Trinajstić information content (AvgIpc) is 2.25. The van der Waals surface area contributed by atoms with Crippen molar-refractivity contribution in [1.82, 2.24) is 4.72 Å². The van der Waals surface area contributed by atoms with Crippen molar-refractivity contribution in [3.8, 4) is 0 Å². The Hall–Kier alpha value is -0.660. The molecule has 1 aliphatic heterocycles. The topological polar surface area (TPSA) is 92.7 Å². The third-order valence-electron chi connectivity index (χ3n) is 2.57. The lowest BCUT2D eigenvalue weighted by molar-refractivity contribution is -0.137. The zero-order valence-electron chi connectivity index (χ0n) is 9.72. The van der Waals surface area contributed by atoms with E-state index in [9.17, 15) is 13.2 Å². The van der Waals surface area contributed by atoms with Crippen LogP contribution in [0.5, 0.6) is 0 Å². The van der Waals surface area contributed by atoms with Gasteiger partial charge < -0.3 is 9.84 Å². The second kappa shape index (κ2) is 6.93. The molecule has 100 valence electrons. The fourth-order valence-corrected chi connectivity index (χ4v) is 3.04. The number of aliphatic carboxylic acids is 1. The quantitative estimate of drug-likeness (QED) is 0.647. The van der Waals surface area contributed by atoms with Crippen LogP contribution in [0.4, 0.5) is 0 Å². The maximum atomic E-state index is 11.6. The van der Waals surface area contributed by atoms with E-state index in [0.717, 1.165) is 19.3 Å². The second-order valence-corrected chi connectivity index (χ2v) is 6.01. The van der Waals surface area contributed by atoms with Gasteiger partial charge in [-0.15, -0.1) is 0 Å². The van der Waals surface area contributed by atoms with E-state index in [1.807, 2.05) is 0 Å². The molecule has 7 heteroatoms. The van der Waals surface area contributed by atoms with Crippen molar-refractivity contribution in [2.45, 2.75) is 38.2 Å². The van der Waals surface area contributed by atoms with Crippen LogP contribution in [0.2, 0.25) is 0 Å². The molecule has 1 heterocycles. The first kappa shape index (κ1) is 14.4. The van der Waals surface area contributed by atoms with Crippen LogP contribution >= 0.6 is 0 Å². The molecule has 0 aromatic heterocycles. The van der Waals surface area contributed by atoms with Crippen molar-refractivity contribution in [1.29, 1.82) is 0 Å². The summed E-state index contributed by atoms with van der Waals surface area (Å²) in [6.07, 6.45) is 2.82. The van der Waals surface area contributed by atoms with Crippen molar-refractivity contribution in [2.75, 3.05) is 18.9 Å². The van der Waals surface area contributed by atoms with Gasteiger partial charge in [-0.05, 0) is 25.7 Å². The zero-order chi connectivity index (χ0) is 12.7. The largest absolute Gasteiger partial charge is 0.481 e. The molecule has 17 heavy (non-hydrogen) atoms. The number of rotatable bonds is 7. The molecule has 0 amide bonds. The van der Waals surface area contributed by atoms with Gasteiger partial charge in [0.2, 0.25) is 10.0 Å². The van der Waals surface area contributed by atoms with Gasteiger partial charge in [0.1, 0.15) is 0 Å². The van der Waals surface area contributed by atoms with Gasteiger partial charge in [0.05, 0.1) is 11.9 Å². The van der Waals surface area contributed by atoms with Crippen molar-refractivity contribution in [2.24, 2.45) is 0 Å². The molecule has 6 nitrogen and oxygen atoms in total. The molecule has 1 aliphatic rings. The van der Waals surface area contributed by atoms with E-state index >= 15 is 0 Å². The zero-order valence-corrected chi connectivity index (χ0v) is 10.5. The summed E-state index contributed by atoms with van der Waals surface area (Å²) in [7, 11) is -3.35. The number of carboxylic acid groups (broad SMARTS) is 1. The fourth-order valence-electron chi connectivity index (χ4n) is 1.71. The van der Waals surface area contributed by atoms with Crippen LogP contribution in [0.3, 0.4) is 0 Å². The number of hydrogen-bond donors (Lipinski definition) is 2. The Balaban J connectivity index is 2.22. The minimum Gasteiger partial charge on any atom is -0.481 e. The Morgan fingerprint density at radius 1 is 1.41 bits per heavy atom. The van der Waals surface area contributed by atoms with Gasteiger partial charge in [-0.25, -0.2) is 13.1 Å². The van der Waals surface area contributed by atoms with Crippen LogP contribution < -0.4 is 4.72 Å². The summed E-state index contributed by atoms with van der Waals surface area (Å²) in [5, 5.41) is 8.41. The van der Waals surface area contributed by atoms with E-state index in [1.54, 1.807) is 0 Å². The summed E-state index contributed by atoms with van der Waals surface area (Å²) in [4.78, 5) is 10.2. The van der Waals surface area contributed by atoms with Crippen molar-refractivity contribution in [3.05, 3.63) is 0 Å². The summed E-state index contributed by atoms with van der Waals surface area (Å²) in [5.74, 6) is -0.945. The van der Waals surface area contributed by atoms with Crippen LogP contribution in [0.1, 0.15) is 32.1 Å². The van der Waals surface area contributed by atoms with Crippen molar-refractivity contribution in [3.63, 3.8) is 0 Å². The Morgan fingerprint density at radius 3 is 2.76 bits per heavy atom. The van der Waals surface area contributed by atoms with Crippen LogP contribution in [-0.4, -0.2) is 44.5 Å². The van der Waals surface area contributed by atoms with Crippen LogP contribution in [0, 0.1) is 0 Å². The highest BCUT2D eigenvalue weighted by atomic mass is 32.2. The Morgan fingerprint density at radius 2 is 2.18 bits per heavy atom. The van der Waals surface area contributed by atoms with E-state index in [2.05, 4.69) is 4.72 Å². The monoisotopic (exact) mass is 265 g/mol. The molecule has 0 bridgehead atoms. The molecule has 0 aromatic rings. The van der Waals surface area contributed by atoms with E-state index in [-0.39, 0.29) is 24.8 Å². The highest BCUT2D eigenvalue weighted by Gasteiger charge is 2.21. The Bertz CT molecular complexity index is 335. The molecule has 0 saturated carbocycles. The number of sulfonamides is 1. The maximum absolute atomic E-state index is 11.6. The SMILES string of the molecule is O=C(O)CCCNS(=O)(=O)CC1CCCCO1. The molecule has 1 fully saturated rings. The molecule has 1 atom stereocenters. The summed E-state index contributed by atoms with van der Waals surface area (Å²) in [6, 6.07) is 0. The molecule has 1 saturated heterocycles. The Labute approximate surface area is 101 Å². The first-order valence-electron chi connectivity index (χ1n) is 5.80. The van der Waals surface area contributed by atoms with E-state index in [1.165, 1.54) is 0 Å². The van der Waals surface area contributed by atoms with Gasteiger partial charge in [0.15, 0.2) is 0 Å². The van der Waals surface area contributed by atoms with E-state index < -0.39 is 16.0 Å². The third-order valence-corrected chi connectivity index (χ3v) is 4.02. The van der Waals surface area contributed by atoms with Gasteiger partial charge in [0.25, 0.3) is 0 Å². The van der Waals surface area contributed by atoms with Crippen LogP contribution in [-0.2, 0) is 19.6 Å². The number of carboxylic acids is 1. The molecule has 1 unspecified atom stereocenters. The molecule has 1 rings (SSSR count). The molecule has 0 aliphatic carbocycles. The Kier molecular flexibility index (Phi) is 5.87. The van der Waals surface area contributed by atoms with Gasteiger partial charge in [-0.2, -0.15) is 0 Å². The van der Waals surface area contributed by atoms with E-state index in [4.69, 9.17) is 9.84 Å². The fraction of sp³-hybridized carbons (Fsp3) is 0.900. The third kappa shape index (κ3) is 6.60. The summed E-state index contributed by atoms with van der Waals surface area (Å²) in [5.41, 5.74) is 0. The maximum Gasteiger partial charge on any atom is 0.303 e. The average molecular weight is 265 g/mol. The number of nitrogens with one attached hydrogen (secondary N) is 1. The molecular weight excluding hydrogens is 246 g/mol. The second-order valence-electron chi connectivity index (χ2n) is 4.16. The summed E-state index contributed by atoms with van der Waals surface area (Å²) in [6.45, 7) is 0.792. The van der Waals surface area contributed by atoms with Crippen LogP contribution in [0.15, 0.2) is 0 Å². The summed E-state index contributed by atoms with van der Waals surface area (Å²) < 4.78 is 30.9. The van der Waals surface area contributed by atoms with Gasteiger partial charge in [-0.1, -0.05) is 0 Å². The van der Waals surface area contributed by atoms with Crippen LogP contribution in [0.25, 0.3) is 0 Å². The van der Waals surface area contributed by atoms with Gasteiger partial charge in [0, 0.05) is 19.6 Å². The number of carbonyl (C=O) groups is 1. The lowest BCUT2D eigenvalue weighted by Crippen LogP contribution is -2.35. The van der Waals surface area contributed by atoms with E-state index in [0.29, 0.717) is 13.0 Å². The highest BCUT2D eigenvalue weighted by Crippen LogP contribution is 2.13.